The molecule has 62 heavy (non-hydrogen) atoms. The first-order chi connectivity index (χ1) is 29.0. The maximum atomic E-state index is 15.1. The molecule has 3 aliphatic carbocycles. The highest BCUT2D eigenvalue weighted by Crippen LogP contribution is 2.62. The number of benzene rings is 1. The van der Waals surface area contributed by atoms with E-state index in [1.165, 1.54) is 27.2 Å². The minimum atomic E-state index is -2.07. The van der Waals surface area contributed by atoms with Gasteiger partial charge in [-0.2, -0.15) is 0 Å². The lowest BCUT2D eigenvalue weighted by Crippen LogP contribution is -2.75. The maximum Gasteiger partial charge on any atom is 0.338 e. The lowest BCUT2D eigenvalue weighted by Gasteiger charge is -2.64. The minimum Gasteiger partial charge on any atom is -0.469 e. The van der Waals surface area contributed by atoms with Crippen LogP contribution in [0.3, 0.4) is 0 Å². The number of Topliss-reactive ketones (excluding diaryl/α,β-unsaturated/α-hetero) is 1. The third kappa shape index (κ3) is 10.1. The Morgan fingerprint density at radius 2 is 1.61 bits per heavy atom. The smallest absolute Gasteiger partial charge is 0.338 e. The quantitative estimate of drug-likeness (QED) is 0.122. The lowest BCUT2D eigenvalue weighted by atomic mass is 9.46. The number of ketones is 1. The number of hydrogen-bond acceptors (Lipinski definition) is 15. The van der Waals surface area contributed by atoms with Crippen LogP contribution < -0.4 is 5.32 Å². The van der Waals surface area contributed by atoms with Crippen LogP contribution in [-0.2, 0) is 42.9 Å². The van der Waals surface area contributed by atoms with Gasteiger partial charge < -0.3 is 43.6 Å². The van der Waals surface area contributed by atoms with Crippen LogP contribution in [0, 0.1) is 35.5 Å². The second-order valence-corrected chi connectivity index (χ2v) is 19.4. The van der Waals surface area contributed by atoms with Crippen LogP contribution in [0.15, 0.2) is 64.3 Å². The zero-order valence-electron chi connectivity index (χ0n) is 36.9. The number of hydrogen-bond donors (Lipinski definition) is 3. The van der Waals surface area contributed by atoms with Crippen molar-refractivity contribution in [2.45, 2.75) is 128 Å². The van der Waals surface area contributed by atoms with E-state index in [2.05, 4.69) is 22.9 Å². The van der Waals surface area contributed by atoms with Crippen molar-refractivity contribution in [3.63, 3.8) is 0 Å². The number of thioether (sulfide) groups is 1. The lowest BCUT2D eigenvalue weighted by molar-refractivity contribution is -0.277. The highest BCUT2D eigenvalue weighted by molar-refractivity contribution is 8.14. The van der Waals surface area contributed by atoms with Gasteiger partial charge in [0.15, 0.2) is 11.9 Å². The van der Waals surface area contributed by atoms with E-state index in [0.29, 0.717) is 11.3 Å². The number of ether oxygens (including phenoxy) is 5. The molecule has 10 atom stereocenters. The van der Waals surface area contributed by atoms with E-state index < -0.39 is 93.3 Å². The summed E-state index contributed by atoms with van der Waals surface area (Å²) in [6, 6.07) is 10.6. The Kier molecular flexibility index (Phi) is 15.7. The van der Waals surface area contributed by atoms with Crippen LogP contribution in [0.5, 0.6) is 0 Å². The average molecular weight is 882 g/mol. The van der Waals surface area contributed by atoms with Gasteiger partial charge in [-0.05, 0) is 49.3 Å². The van der Waals surface area contributed by atoms with Crippen LogP contribution in [0.1, 0.15) is 104 Å². The van der Waals surface area contributed by atoms with Crippen molar-refractivity contribution >= 4 is 46.7 Å². The summed E-state index contributed by atoms with van der Waals surface area (Å²) in [5.41, 5.74) is -4.44. The standard InChI is InChI=1S/C41H51NO12S.C3H6O2.C2H2/c1-21-28(53-30(45)17-25(26-15-12-16-50-26)42-37(48)55-38(3,4)5)19-41(49)35(54-36(47)23-13-10-9-11-14-23)32-24-20-51-27(24)18-29(44)40(32,8)34(46)33(52-22(2)43)31(21)39(41,6)7;1-3(4)5-2;1-2/h9-16,24-25,27-29,32-33,35,44,49H,17-20H2,1-8H3,(H,42,48);1-2H3;1-2H/t24?,25-,27-,28+,29+,32?,33-,35+,40-,41-;;/m1../s1. The minimum absolute atomic E-state index is 0.108. The van der Waals surface area contributed by atoms with E-state index in [9.17, 15) is 34.2 Å². The molecule has 2 saturated carbocycles. The molecule has 1 amide bonds. The topological polar surface area (TPSA) is 214 Å². The van der Waals surface area contributed by atoms with Gasteiger partial charge in [0.1, 0.15) is 23.6 Å². The van der Waals surface area contributed by atoms with Crippen LogP contribution in [0.2, 0.25) is 0 Å². The number of methoxy groups -OCH3 is 1. The molecule has 2 bridgehead atoms. The highest BCUT2D eigenvalue weighted by atomic mass is 32.2. The summed E-state index contributed by atoms with van der Waals surface area (Å²) >= 11 is 1.06. The van der Waals surface area contributed by atoms with Gasteiger partial charge in [-0.15, -0.1) is 12.8 Å². The summed E-state index contributed by atoms with van der Waals surface area (Å²) in [5, 5.41) is 27.7. The molecule has 0 spiro atoms. The zero-order valence-corrected chi connectivity index (χ0v) is 37.7. The molecule has 3 fully saturated rings. The highest BCUT2D eigenvalue weighted by Gasteiger charge is 2.72. The van der Waals surface area contributed by atoms with Crippen molar-refractivity contribution in [2.24, 2.45) is 22.7 Å². The van der Waals surface area contributed by atoms with Gasteiger partial charge in [0.25, 0.3) is 5.24 Å². The summed E-state index contributed by atoms with van der Waals surface area (Å²) in [4.78, 5) is 78.4. The van der Waals surface area contributed by atoms with Crippen LogP contribution >= 0.6 is 11.8 Å². The number of rotatable bonds is 8. The second-order valence-electron chi connectivity index (χ2n) is 17.6. The molecule has 338 valence electrons. The molecule has 3 N–H and O–H groups in total. The fourth-order valence-corrected chi connectivity index (χ4v) is 9.86. The number of carbonyl (C=O) groups excluding carboxylic acids is 6. The summed E-state index contributed by atoms with van der Waals surface area (Å²) in [5.74, 6) is -4.28. The van der Waals surface area contributed by atoms with Gasteiger partial charge in [0.05, 0.1) is 55.6 Å². The number of terminal acetylenes is 1. The summed E-state index contributed by atoms with van der Waals surface area (Å²) < 4.78 is 33.5. The molecule has 0 radical (unpaired) electrons. The van der Waals surface area contributed by atoms with Crippen molar-refractivity contribution in [1.82, 2.24) is 5.32 Å². The summed E-state index contributed by atoms with van der Waals surface area (Å²) in [6.45, 7) is 14.9. The summed E-state index contributed by atoms with van der Waals surface area (Å²) in [7, 11) is 1.35. The first kappa shape index (κ1) is 49.7. The number of fused-ring (bicyclic) bond motifs is 5. The molecule has 16 heteroatoms. The Hall–Kier alpha value is -4.95. The predicted molar refractivity (Wildman–Crippen MR) is 227 cm³/mol. The Bertz CT molecular complexity index is 2020. The normalized spacial score (nSPS) is 29.9. The van der Waals surface area contributed by atoms with Crippen molar-refractivity contribution in [1.29, 1.82) is 0 Å². The fraction of sp³-hybridized carbons (Fsp3) is 0.565. The van der Waals surface area contributed by atoms with Gasteiger partial charge in [0.2, 0.25) is 0 Å². The number of amides is 1. The predicted octanol–water partition coefficient (Wildman–Crippen LogP) is 5.91. The number of esters is 4. The van der Waals surface area contributed by atoms with E-state index in [1.807, 2.05) is 20.8 Å². The molecule has 1 aromatic carbocycles. The molecule has 2 heterocycles. The largest absolute Gasteiger partial charge is 0.469 e. The van der Waals surface area contributed by atoms with Crippen molar-refractivity contribution in [3.05, 3.63) is 71.2 Å². The summed E-state index contributed by atoms with van der Waals surface area (Å²) in [6.07, 6.45) is 2.87. The SMILES string of the molecule is C#C.CC(=O)O[C@H]1C(=O)[C@@]2(C)C(C3CO[C@@H]3C[C@@H]2O)[C@H](OC(=O)c2ccccc2)[C@]2(O)C[C@H](OC(=O)C[C@@H](NC(=O)SC(C)(C)C)c3ccco3)C(C)=C1C2(C)C.COC(C)=O. The fourth-order valence-electron chi connectivity index (χ4n) is 9.10. The zero-order chi connectivity index (χ0) is 46.5. The third-order valence-corrected chi connectivity index (χ3v) is 13.2. The van der Waals surface area contributed by atoms with Crippen LogP contribution in [0.4, 0.5) is 4.79 Å². The Labute approximate surface area is 367 Å². The van der Waals surface area contributed by atoms with E-state index >= 15 is 4.79 Å². The number of nitrogens with one attached hydrogen (secondary N) is 1. The molecule has 1 aromatic heterocycles. The monoisotopic (exact) mass is 881 g/mol. The van der Waals surface area contributed by atoms with Crippen molar-refractivity contribution < 1.29 is 67.1 Å². The van der Waals surface area contributed by atoms with E-state index in [0.717, 1.165) is 11.8 Å². The molecule has 15 nitrogen and oxygen atoms in total. The maximum absolute atomic E-state index is 15.1. The van der Waals surface area contributed by atoms with Gasteiger partial charge in [0, 0.05) is 48.7 Å². The number of aliphatic hydroxyl groups is 2. The number of furan rings is 1. The molecular weight excluding hydrogens is 823 g/mol. The van der Waals surface area contributed by atoms with Gasteiger partial charge in [-0.1, -0.05) is 64.6 Å². The first-order valence-corrected chi connectivity index (χ1v) is 21.1. The Balaban J connectivity index is 0.00000113. The molecule has 4 aliphatic rings. The van der Waals surface area contributed by atoms with Crippen molar-refractivity contribution in [2.75, 3.05) is 13.7 Å². The van der Waals surface area contributed by atoms with Gasteiger partial charge in [-0.3, -0.25) is 24.0 Å². The molecule has 1 saturated heterocycles. The van der Waals surface area contributed by atoms with Gasteiger partial charge >= 0.3 is 23.9 Å². The Morgan fingerprint density at radius 1 is 0.984 bits per heavy atom. The van der Waals surface area contributed by atoms with Gasteiger partial charge in [-0.25, -0.2) is 4.79 Å². The molecule has 2 aromatic rings. The van der Waals surface area contributed by atoms with Crippen molar-refractivity contribution in [3.8, 4) is 12.8 Å². The van der Waals surface area contributed by atoms with Crippen LogP contribution in [0.25, 0.3) is 0 Å². The van der Waals surface area contributed by atoms with E-state index in [-0.39, 0.29) is 48.2 Å². The second kappa shape index (κ2) is 19.6. The first-order valence-electron chi connectivity index (χ1n) is 20.3. The molecule has 6 rings (SSSR count). The average Bonchev–Trinajstić information content (AvgIpc) is 3.73. The van der Waals surface area contributed by atoms with E-state index in [4.69, 9.17) is 23.4 Å². The number of aliphatic hydroxyl groups excluding tert-OH is 1. The molecule has 2 unspecified atom stereocenters. The Morgan fingerprint density at radius 3 is 2.13 bits per heavy atom. The van der Waals surface area contributed by atoms with Crippen LogP contribution in [-0.4, -0.2) is 99.7 Å². The number of carbonyl (C=O) groups is 6. The third-order valence-electron chi connectivity index (χ3n) is 12.3. The van der Waals surface area contributed by atoms with E-state index in [1.54, 1.807) is 70.2 Å². The molecule has 1 aliphatic heterocycles. The molecular formula is C46H59NO14S.